The SMILES string of the molecule is Cc1cccc(CCC(=O)Nc2ccc(F)cc2F)c1. The summed E-state index contributed by atoms with van der Waals surface area (Å²) < 4.78 is 26.1. The van der Waals surface area contributed by atoms with Gasteiger partial charge in [-0.2, -0.15) is 0 Å². The Morgan fingerprint density at radius 3 is 2.65 bits per heavy atom. The number of nitrogens with one attached hydrogen (secondary N) is 1. The third kappa shape index (κ3) is 3.88. The quantitative estimate of drug-likeness (QED) is 0.902. The van der Waals surface area contributed by atoms with Crippen molar-refractivity contribution in [2.24, 2.45) is 0 Å². The Morgan fingerprint density at radius 2 is 1.95 bits per heavy atom. The first-order chi connectivity index (χ1) is 9.54. The lowest BCUT2D eigenvalue weighted by molar-refractivity contribution is -0.116. The summed E-state index contributed by atoms with van der Waals surface area (Å²) >= 11 is 0. The van der Waals surface area contributed by atoms with E-state index in [1.54, 1.807) is 0 Å². The lowest BCUT2D eigenvalue weighted by atomic mass is 10.1. The molecule has 2 aromatic rings. The second kappa shape index (κ2) is 6.28. The van der Waals surface area contributed by atoms with Crippen molar-refractivity contribution in [2.45, 2.75) is 19.8 Å². The molecule has 2 nitrogen and oxygen atoms in total. The molecule has 0 aliphatic carbocycles. The molecule has 4 heteroatoms. The molecule has 2 aromatic carbocycles. The predicted molar refractivity (Wildman–Crippen MR) is 74.5 cm³/mol. The molecule has 0 saturated carbocycles. The molecule has 0 fully saturated rings. The van der Waals surface area contributed by atoms with Gasteiger partial charge in [0.2, 0.25) is 5.91 Å². The summed E-state index contributed by atoms with van der Waals surface area (Å²) in [5, 5.41) is 2.44. The molecule has 0 heterocycles. The van der Waals surface area contributed by atoms with Crippen LogP contribution in [0.5, 0.6) is 0 Å². The van der Waals surface area contributed by atoms with Crippen molar-refractivity contribution < 1.29 is 13.6 Å². The maximum atomic E-state index is 13.4. The number of halogens is 2. The third-order valence-electron chi connectivity index (χ3n) is 2.93. The largest absolute Gasteiger partial charge is 0.324 e. The van der Waals surface area contributed by atoms with E-state index >= 15 is 0 Å². The number of aryl methyl sites for hydroxylation is 2. The standard InChI is InChI=1S/C16H15F2NO/c1-11-3-2-4-12(9-11)5-8-16(20)19-15-7-6-13(17)10-14(15)18/h2-4,6-7,9-10H,5,8H2,1H3,(H,19,20). The predicted octanol–water partition coefficient (Wildman–Crippen LogP) is 3.84. The number of rotatable bonds is 4. The van der Waals surface area contributed by atoms with E-state index in [1.807, 2.05) is 31.2 Å². The van der Waals surface area contributed by atoms with Crippen LogP contribution in [0.3, 0.4) is 0 Å². The highest BCUT2D eigenvalue weighted by Gasteiger charge is 2.08. The molecular weight excluding hydrogens is 260 g/mol. The Bertz CT molecular complexity index is 626. The van der Waals surface area contributed by atoms with Gasteiger partial charge in [-0.25, -0.2) is 8.78 Å². The lowest BCUT2D eigenvalue weighted by Gasteiger charge is -2.07. The molecule has 0 aromatic heterocycles. The van der Waals surface area contributed by atoms with Gasteiger partial charge in [0, 0.05) is 12.5 Å². The monoisotopic (exact) mass is 275 g/mol. The Labute approximate surface area is 116 Å². The van der Waals surface area contributed by atoms with Crippen molar-refractivity contribution in [1.29, 1.82) is 0 Å². The van der Waals surface area contributed by atoms with Crippen molar-refractivity contribution in [3.8, 4) is 0 Å². The Morgan fingerprint density at radius 1 is 1.15 bits per heavy atom. The molecule has 0 spiro atoms. The van der Waals surface area contributed by atoms with Gasteiger partial charge in [0.1, 0.15) is 11.6 Å². The molecule has 1 N–H and O–H groups in total. The van der Waals surface area contributed by atoms with Crippen molar-refractivity contribution in [3.05, 3.63) is 65.2 Å². The first kappa shape index (κ1) is 14.2. The van der Waals surface area contributed by atoms with Gasteiger partial charge in [-0.05, 0) is 31.0 Å². The number of hydrogen-bond acceptors (Lipinski definition) is 1. The van der Waals surface area contributed by atoms with Crippen LogP contribution in [0.25, 0.3) is 0 Å². The van der Waals surface area contributed by atoms with Gasteiger partial charge in [-0.15, -0.1) is 0 Å². The fourth-order valence-corrected chi connectivity index (χ4v) is 1.93. The molecule has 0 atom stereocenters. The molecule has 0 radical (unpaired) electrons. The van der Waals surface area contributed by atoms with Crippen molar-refractivity contribution in [3.63, 3.8) is 0 Å². The Kier molecular flexibility index (Phi) is 4.45. The number of hydrogen-bond donors (Lipinski definition) is 1. The van der Waals surface area contributed by atoms with Gasteiger partial charge >= 0.3 is 0 Å². The number of benzene rings is 2. The molecule has 1 amide bonds. The molecule has 2 rings (SSSR count). The summed E-state index contributed by atoms with van der Waals surface area (Å²) in [5.41, 5.74) is 2.19. The Balaban J connectivity index is 1.92. The van der Waals surface area contributed by atoms with E-state index in [1.165, 1.54) is 6.07 Å². The summed E-state index contributed by atoms with van der Waals surface area (Å²) in [6.45, 7) is 1.98. The maximum absolute atomic E-state index is 13.4. The number of carbonyl (C=O) groups is 1. The zero-order valence-corrected chi connectivity index (χ0v) is 11.1. The van der Waals surface area contributed by atoms with Crippen LogP contribution >= 0.6 is 0 Å². The smallest absolute Gasteiger partial charge is 0.224 e. The van der Waals surface area contributed by atoms with Crippen LogP contribution in [-0.4, -0.2) is 5.91 Å². The summed E-state index contributed by atoms with van der Waals surface area (Å²) in [5.74, 6) is -1.73. The van der Waals surface area contributed by atoms with Crippen LogP contribution in [-0.2, 0) is 11.2 Å². The second-order valence-electron chi connectivity index (χ2n) is 4.66. The molecule has 0 saturated heterocycles. The molecule has 0 aliphatic heterocycles. The number of anilines is 1. The van der Waals surface area contributed by atoms with Crippen molar-refractivity contribution in [1.82, 2.24) is 0 Å². The van der Waals surface area contributed by atoms with E-state index < -0.39 is 11.6 Å². The maximum Gasteiger partial charge on any atom is 0.224 e. The highest BCUT2D eigenvalue weighted by atomic mass is 19.1. The van der Waals surface area contributed by atoms with Gasteiger partial charge in [-0.1, -0.05) is 29.8 Å². The lowest BCUT2D eigenvalue weighted by Crippen LogP contribution is -2.13. The first-order valence-corrected chi connectivity index (χ1v) is 6.35. The van der Waals surface area contributed by atoms with Gasteiger partial charge in [0.15, 0.2) is 0 Å². The van der Waals surface area contributed by atoms with Crippen LogP contribution in [0.4, 0.5) is 14.5 Å². The van der Waals surface area contributed by atoms with E-state index in [2.05, 4.69) is 5.32 Å². The molecule has 0 aliphatic rings. The summed E-state index contributed by atoms with van der Waals surface area (Å²) in [7, 11) is 0. The van der Waals surface area contributed by atoms with Crippen LogP contribution in [0.2, 0.25) is 0 Å². The highest BCUT2D eigenvalue weighted by Crippen LogP contribution is 2.15. The fraction of sp³-hybridized carbons (Fsp3) is 0.188. The van der Waals surface area contributed by atoms with Gasteiger partial charge in [0.25, 0.3) is 0 Å². The molecule has 104 valence electrons. The number of amides is 1. The van der Waals surface area contributed by atoms with Crippen LogP contribution in [0.1, 0.15) is 17.5 Å². The number of carbonyl (C=O) groups excluding carboxylic acids is 1. The molecule has 0 bridgehead atoms. The second-order valence-corrected chi connectivity index (χ2v) is 4.66. The minimum absolute atomic E-state index is 0.000595. The fourth-order valence-electron chi connectivity index (χ4n) is 1.93. The van der Waals surface area contributed by atoms with E-state index in [0.717, 1.165) is 23.3 Å². The van der Waals surface area contributed by atoms with Gasteiger partial charge in [0.05, 0.1) is 5.69 Å². The highest BCUT2D eigenvalue weighted by molar-refractivity contribution is 5.90. The average Bonchev–Trinajstić information content (AvgIpc) is 2.40. The minimum atomic E-state index is -0.770. The zero-order chi connectivity index (χ0) is 14.5. The van der Waals surface area contributed by atoms with Crippen molar-refractivity contribution in [2.75, 3.05) is 5.32 Å². The topological polar surface area (TPSA) is 29.1 Å². The summed E-state index contributed by atoms with van der Waals surface area (Å²) in [4.78, 5) is 11.7. The van der Waals surface area contributed by atoms with Crippen LogP contribution < -0.4 is 5.32 Å². The van der Waals surface area contributed by atoms with Gasteiger partial charge in [-0.3, -0.25) is 4.79 Å². The van der Waals surface area contributed by atoms with Crippen LogP contribution in [0, 0.1) is 18.6 Å². The van der Waals surface area contributed by atoms with E-state index in [4.69, 9.17) is 0 Å². The molecule has 0 unspecified atom stereocenters. The van der Waals surface area contributed by atoms with Gasteiger partial charge < -0.3 is 5.32 Å². The van der Waals surface area contributed by atoms with E-state index in [0.29, 0.717) is 6.42 Å². The Hall–Kier alpha value is -2.23. The molecular formula is C16H15F2NO. The first-order valence-electron chi connectivity index (χ1n) is 6.35. The third-order valence-corrected chi connectivity index (χ3v) is 2.93. The van der Waals surface area contributed by atoms with E-state index in [-0.39, 0.29) is 18.0 Å². The minimum Gasteiger partial charge on any atom is -0.324 e. The van der Waals surface area contributed by atoms with Crippen molar-refractivity contribution >= 4 is 11.6 Å². The normalized spacial score (nSPS) is 10.3. The molecule has 20 heavy (non-hydrogen) atoms. The zero-order valence-electron chi connectivity index (χ0n) is 11.1. The summed E-state index contributed by atoms with van der Waals surface area (Å²) in [6, 6.07) is 10.9. The van der Waals surface area contributed by atoms with E-state index in [9.17, 15) is 13.6 Å². The summed E-state index contributed by atoms with van der Waals surface area (Å²) in [6.07, 6.45) is 0.830. The van der Waals surface area contributed by atoms with Crippen LogP contribution in [0.15, 0.2) is 42.5 Å². The average molecular weight is 275 g/mol.